The largest absolute Gasteiger partial charge is 0.481 e. The number of aliphatic hydroxyl groups is 6. The van der Waals surface area contributed by atoms with Gasteiger partial charge in [0, 0.05) is 31.3 Å². The van der Waals surface area contributed by atoms with E-state index in [1.807, 2.05) is 13.0 Å². The van der Waals surface area contributed by atoms with E-state index < -0.39 is 104 Å². The van der Waals surface area contributed by atoms with Gasteiger partial charge in [-0.05, 0) is 26.7 Å². The molecular weight excluding hydrogens is 630 g/mol. The van der Waals surface area contributed by atoms with E-state index >= 15 is 0 Å². The first-order chi connectivity index (χ1) is 22.6. The predicted octanol–water partition coefficient (Wildman–Crippen LogP) is 0.349. The van der Waals surface area contributed by atoms with Crippen LogP contribution in [0.3, 0.4) is 0 Å². The van der Waals surface area contributed by atoms with Crippen molar-refractivity contribution in [2.45, 2.75) is 126 Å². The lowest BCUT2D eigenvalue weighted by Gasteiger charge is -2.45. The van der Waals surface area contributed by atoms with E-state index in [2.05, 4.69) is 0 Å². The number of hydrogen-bond acceptors (Lipinski definition) is 13. The smallest absolute Gasteiger partial charge is 0.330 e. The van der Waals surface area contributed by atoms with Gasteiger partial charge in [0.2, 0.25) is 0 Å². The maximum absolute atomic E-state index is 12.3. The number of hydrogen-bond donors (Lipinski definition) is 8. The van der Waals surface area contributed by atoms with Crippen molar-refractivity contribution in [2.24, 2.45) is 17.6 Å². The van der Waals surface area contributed by atoms with Crippen molar-refractivity contribution in [3.8, 4) is 0 Å². The van der Waals surface area contributed by atoms with Crippen LogP contribution >= 0.6 is 0 Å². The fourth-order valence-electron chi connectivity index (χ4n) is 5.87. The summed E-state index contributed by atoms with van der Waals surface area (Å²) in [4.78, 5) is 24.5. The molecule has 0 radical (unpaired) electrons. The van der Waals surface area contributed by atoms with Crippen LogP contribution < -0.4 is 5.73 Å². The van der Waals surface area contributed by atoms with Crippen molar-refractivity contribution in [1.29, 1.82) is 0 Å². The zero-order valence-electron chi connectivity index (χ0n) is 27.5. The minimum atomic E-state index is -2.18. The quantitative estimate of drug-likeness (QED) is 0.188. The second-order valence-electron chi connectivity index (χ2n) is 12.8. The summed E-state index contributed by atoms with van der Waals surface area (Å²) in [6, 6.07) is -1.09. The number of rotatable bonds is 3. The standard InChI is InChI=1S/C34H51NO13/c1-19-11-8-6-4-5-7-9-13-24(47-33-31(41)29(35)30(40)21(3)46-33)16-26-28(32(42)43)25(38)18-34(44,48-26)17-23(37)15-22(36)12-10-14-27(39)45-20(19)2/h4-11,13-14,19-26,28-31,33,36-38,40-41,44H,12,15-18,35H2,1-3H3,(H,42,43). The molecule has 2 saturated heterocycles. The van der Waals surface area contributed by atoms with Gasteiger partial charge in [0.15, 0.2) is 12.1 Å². The lowest BCUT2D eigenvalue weighted by Crippen LogP contribution is -2.61. The highest BCUT2D eigenvalue weighted by Crippen LogP contribution is 2.38. The lowest BCUT2D eigenvalue weighted by atomic mass is 9.83. The Morgan fingerprint density at radius 2 is 1.54 bits per heavy atom. The molecule has 14 atom stereocenters. The van der Waals surface area contributed by atoms with Crippen molar-refractivity contribution in [3.63, 3.8) is 0 Å². The molecule has 2 bridgehead atoms. The van der Waals surface area contributed by atoms with E-state index in [0.29, 0.717) is 0 Å². The third-order valence-electron chi connectivity index (χ3n) is 8.77. The molecule has 2 fully saturated rings. The second-order valence-corrected chi connectivity index (χ2v) is 12.8. The minimum absolute atomic E-state index is 0.000319. The van der Waals surface area contributed by atoms with Gasteiger partial charge in [-0.2, -0.15) is 0 Å². The normalized spacial score (nSPS) is 42.5. The van der Waals surface area contributed by atoms with Crippen molar-refractivity contribution in [2.75, 3.05) is 0 Å². The van der Waals surface area contributed by atoms with Gasteiger partial charge in [0.05, 0.1) is 48.8 Å². The zero-order valence-corrected chi connectivity index (χ0v) is 27.5. The van der Waals surface area contributed by atoms with Gasteiger partial charge in [-0.15, -0.1) is 0 Å². The zero-order chi connectivity index (χ0) is 35.6. The number of nitrogens with two attached hydrogens (primary N) is 1. The summed E-state index contributed by atoms with van der Waals surface area (Å²) >= 11 is 0. The van der Waals surface area contributed by atoms with Crippen LogP contribution in [-0.4, -0.2) is 121 Å². The van der Waals surface area contributed by atoms with E-state index in [4.69, 9.17) is 24.7 Å². The molecule has 14 unspecified atom stereocenters. The summed E-state index contributed by atoms with van der Waals surface area (Å²) in [6.07, 6.45) is 3.35. The van der Waals surface area contributed by atoms with Crippen LogP contribution in [0.1, 0.15) is 52.9 Å². The molecule has 14 nitrogen and oxygen atoms in total. The number of fused-ring (bicyclic) bond motifs is 2. The van der Waals surface area contributed by atoms with Crippen LogP contribution in [0.15, 0.2) is 60.8 Å². The minimum Gasteiger partial charge on any atom is -0.481 e. The van der Waals surface area contributed by atoms with Crippen LogP contribution in [0.2, 0.25) is 0 Å². The highest BCUT2D eigenvalue weighted by molar-refractivity contribution is 5.82. The van der Waals surface area contributed by atoms with Gasteiger partial charge in [0.1, 0.15) is 18.1 Å². The lowest BCUT2D eigenvalue weighted by molar-refractivity contribution is -0.308. The average molecular weight is 682 g/mol. The first-order valence-corrected chi connectivity index (χ1v) is 16.3. The average Bonchev–Trinajstić information content (AvgIpc) is 2.98. The van der Waals surface area contributed by atoms with Crippen molar-refractivity contribution < 1.29 is 64.3 Å². The highest BCUT2D eigenvalue weighted by atomic mass is 16.7. The molecule has 3 heterocycles. The molecule has 48 heavy (non-hydrogen) atoms. The Bertz CT molecular complexity index is 1200. The summed E-state index contributed by atoms with van der Waals surface area (Å²) in [6.45, 7) is 5.21. The number of aliphatic hydroxyl groups excluding tert-OH is 5. The monoisotopic (exact) mass is 681 g/mol. The van der Waals surface area contributed by atoms with Crippen LogP contribution in [0.25, 0.3) is 0 Å². The number of cyclic esters (lactones) is 1. The molecular formula is C34H51NO13. The molecule has 0 aromatic rings. The van der Waals surface area contributed by atoms with Crippen LogP contribution in [0.5, 0.6) is 0 Å². The van der Waals surface area contributed by atoms with Gasteiger partial charge in [0.25, 0.3) is 0 Å². The molecule has 3 rings (SSSR count). The topological polar surface area (TPSA) is 239 Å². The van der Waals surface area contributed by atoms with Gasteiger partial charge in [-0.3, -0.25) is 4.79 Å². The van der Waals surface area contributed by atoms with Crippen molar-refractivity contribution >= 4 is 11.9 Å². The number of allylic oxidation sites excluding steroid dienone is 6. The van der Waals surface area contributed by atoms with E-state index in [-0.39, 0.29) is 25.2 Å². The van der Waals surface area contributed by atoms with E-state index in [1.54, 1.807) is 56.4 Å². The van der Waals surface area contributed by atoms with E-state index in [0.717, 1.165) is 0 Å². The summed E-state index contributed by atoms with van der Waals surface area (Å²) in [7, 11) is 0. The molecule has 3 aliphatic heterocycles. The highest BCUT2D eigenvalue weighted by Gasteiger charge is 2.50. The van der Waals surface area contributed by atoms with Gasteiger partial charge in [-0.1, -0.05) is 61.6 Å². The molecule has 0 aromatic heterocycles. The van der Waals surface area contributed by atoms with E-state index in [9.17, 15) is 45.3 Å². The Balaban J connectivity index is 1.92. The van der Waals surface area contributed by atoms with Gasteiger partial charge < -0.3 is 60.4 Å². The number of esters is 1. The van der Waals surface area contributed by atoms with Crippen molar-refractivity contribution in [3.05, 3.63) is 60.8 Å². The maximum atomic E-state index is 12.3. The Kier molecular flexibility index (Phi) is 15.1. The third kappa shape index (κ3) is 11.7. The van der Waals surface area contributed by atoms with E-state index in [1.165, 1.54) is 12.2 Å². The number of aliphatic carboxylic acids is 1. The molecule has 0 aliphatic carbocycles. The molecule has 14 heteroatoms. The number of ether oxygens (including phenoxy) is 4. The van der Waals surface area contributed by atoms with Gasteiger partial charge in [-0.25, -0.2) is 4.79 Å². The molecule has 0 spiro atoms. The Morgan fingerprint density at radius 1 is 0.896 bits per heavy atom. The Hall–Kier alpha value is -2.76. The number of carbonyl (C=O) groups excluding carboxylic acids is 1. The Morgan fingerprint density at radius 3 is 2.21 bits per heavy atom. The molecule has 3 aliphatic rings. The fourth-order valence-corrected chi connectivity index (χ4v) is 5.87. The van der Waals surface area contributed by atoms with Gasteiger partial charge >= 0.3 is 11.9 Å². The molecule has 0 saturated carbocycles. The number of carboxylic acids is 1. The first kappa shape index (κ1) is 39.7. The molecule has 270 valence electrons. The van der Waals surface area contributed by atoms with Crippen LogP contribution in [-0.2, 0) is 28.5 Å². The maximum Gasteiger partial charge on any atom is 0.330 e. The van der Waals surface area contributed by atoms with Crippen LogP contribution in [0, 0.1) is 11.8 Å². The summed E-state index contributed by atoms with van der Waals surface area (Å²) in [5, 5.41) is 74.3. The summed E-state index contributed by atoms with van der Waals surface area (Å²) < 4.78 is 23.0. The number of carbonyl (C=O) groups is 2. The summed E-state index contributed by atoms with van der Waals surface area (Å²) in [5.74, 6) is -5.75. The van der Waals surface area contributed by atoms with Crippen LogP contribution in [0.4, 0.5) is 0 Å². The Labute approximate surface area is 280 Å². The predicted molar refractivity (Wildman–Crippen MR) is 172 cm³/mol. The summed E-state index contributed by atoms with van der Waals surface area (Å²) in [5.41, 5.74) is 5.97. The first-order valence-electron chi connectivity index (χ1n) is 16.3. The SMILES string of the molecule is CC1C=CC=CC=CC=CC(OC2OC(C)C(O)C(N)C2O)CC2OC(O)(CC(O)CC(O)CC=CC(=O)OC1C)CC(O)C2C(=O)O. The van der Waals surface area contributed by atoms with Crippen molar-refractivity contribution in [1.82, 2.24) is 0 Å². The fraction of sp³-hybridized carbons (Fsp3) is 0.647. The number of carboxylic acid groups (broad SMARTS) is 1. The third-order valence-corrected chi connectivity index (χ3v) is 8.77. The second kappa shape index (κ2) is 18.3. The molecule has 0 amide bonds. The molecule has 9 N–H and O–H groups in total. The molecule has 0 aromatic carbocycles.